The third-order valence-corrected chi connectivity index (χ3v) is 3.80. The first-order chi connectivity index (χ1) is 10.1. The fraction of sp³-hybridized carbons (Fsp3) is 0.412. The van der Waals surface area contributed by atoms with E-state index in [1.54, 1.807) is 0 Å². The minimum atomic E-state index is 0.742. The fourth-order valence-electron chi connectivity index (χ4n) is 2.42. The standard InChI is InChI=1S/C17H22ClN3/c1-4-19-10-9-16-12(2)20-17(21-13(16)3)11-14-5-7-15(18)8-6-14/h5-8,19H,4,9-11H2,1-3H3. The zero-order valence-corrected chi connectivity index (χ0v) is 13.7. The van der Waals surface area contributed by atoms with Crippen LogP contribution in [0.3, 0.4) is 0 Å². The lowest BCUT2D eigenvalue weighted by atomic mass is 10.1. The smallest absolute Gasteiger partial charge is 0.133 e. The third-order valence-electron chi connectivity index (χ3n) is 3.54. The summed E-state index contributed by atoms with van der Waals surface area (Å²) in [6, 6.07) is 7.85. The molecule has 3 nitrogen and oxygen atoms in total. The van der Waals surface area contributed by atoms with Gasteiger partial charge in [0.1, 0.15) is 5.82 Å². The van der Waals surface area contributed by atoms with Gasteiger partial charge in [0.2, 0.25) is 0 Å². The molecule has 2 aromatic rings. The van der Waals surface area contributed by atoms with E-state index in [0.717, 1.165) is 48.2 Å². The van der Waals surface area contributed by atoms with Gasteiger partial charge in [-0.25, -0.2) is 9.97 Å². The lowest BCUT2D eigenvalue weighted by molar-refractivity contribution is 0.705. The van der Waals surface area contributed by atoms with Gasteiger partial charge in [0.05, 0.1) is 0 Å². The van der Waals surface area contributed by atoms with Crippen molar-refractivity contribution in [1.82, 2.24) is 15.3 Å². The quantitative estimate of drug-likeness (QED) is 0.830. The van der Waals surface area contributed by atoms with Gasteiger partial charge in [0.25, 0.3) is 0 Å². The molecule has 0 spiro atoms. The Morgan fingerprint density at radius 3 is 2.24 bits per heavy atom. The minimum absolute atomic E-state index is 0.742. The summed E-state index contributed by atoms with van der Waals surface area (Å²) < 4.78 is 0. The van der Waals surface area contributed by atoms with E-state index in [9.17, 15) is 0 Å². The lowest BCUT2D eigenvalue weighted by Crippen LogP contribution is -2.18. The van der Waals surface area contributed by atoms with E-state index in [1.807, 2.05) is 24.3 Å². The Morgan fingerprint density at radius 2 is 1.67 bits per heavy atom. The van der Waals surface area contributed by atoms with Gasteiger partial charge in [-0.15, -0.1) is 0 Å². The third kappa shape index (κ3) is 4.51. The molecule has 1 N–H and O–H groups in total. The van der Waals surface area contributed by atoms with E-state index in [-0.39, 0.29) is 0 Å². The molecule has 0 amide bonds. The number of aromatic nitrogens is 2. The van der Waals surface area contributed by atoms with E-state index < -0.39 is 0 Å². The second-order valence-corrected chi connectivity index (χ2v) is 5.63. The van der Waals surface area contributed by atoms with Crippen LogP contribution in [0.5, 0.6) is 0 Å². The van der Waals surface area contributed by atoms with Gasteiger partial charge in [-0.3, -0.25) is 0 Å². The number of nitrogens with zero attached hydrogens (tertiary/aromatic N) is 2. The summed E-state index contributed by atoms with van der Waals surface area (Å²) >= 11 is 5.91. The topological polar surface area (TPSA) is 37.8 Å². The van der Waals surface area contributed by atoms with Crippen LogP contribution in [0.4, 0.5) is 0 Å². The molecule has 0 unspecified atom stereocenters. The van der Waals surface area contributed by atoms with Gasteiger partial charge in [0, 0.05) is 22.8 Å². The Kier molecular flexibility index (Phi) is 5.71. The summed E-state index contributed by atoms with van der Waals surface area (Å²) in [4.78, 5) is 9.32. The SMILES string of the molecule is CCNCCc1c(C)nc(Cc2ccc(Cl)cc2)nc1C. The molecule has 1 aromatic heterocycles. The number of hydrogen-bond acceptors (Lipinski definition) is 3. The molecule has 0 aliphatic heterocycles. The average molecular weight is 304 g/mol. The molecular weight excluding hydrogens is 282 g/mol. The predicted molar refractivity (Wildman–Crippen MR) is 88.0 cm³/mol. The van der Waals surface area contributed by atoms with Gasteiger partial charge in [-0.2, -0.15) is 0 Å². The van der Waals surface area contributed by atoms with Crippen molar-refractivity contribution in [3.05, 3.63) is 57.6 Å². The molecule has 21 heavy (non-hydrogen) atoms. The highest BCUT2D eigenvalue weighted by Gasteiger charge is 2.09. The maximum atomic E-state index is 5.91. The largest absolute Gasteiger partial charge is 0.317 e. The van der Waals surface area contributed by atoms with E-state index in [1.165, 1.54) is 11.1 Å². The van der Waals surface area contributed by atoms with Crippen LogP contribution in [0, 0.1) is 13.8 Å². The van der Waals surface area contributed by atoms with Crippen molar-refractivity contribution in [3.8, 4) is 0 Å². The summed E-state index contributed by atoms with van der Waals surface area (Å²) in [6.07, 6.45) is 1.72. The highest BCUT2D eigenvalue weighted by molar-refractivity contribution is 6.30. The number of rotatable bonds is 6. The van der Waals surface area contributed by atoms with Crippen molar-refractivity contribution in [1.29, 1.82) is 0 Å². The molecular formula is C17H22ClN3. The number of likely N-dealkylation sites (N-methyl/N-ethyl adjacent to an activating group) is 1. The molecule has 112 valence electrons. The molecule has 0 radical (unpaired) electrons. The molecule has 0 aliphatic rings. The van der Waals surface area contributed by atoms with Crippen LogP contribution >= 0.6 is 11.6 Å². The summed E-state index contributed by atoms with van der Waals surface area (Å²) in [7, 11) is 0. The number of aryl methyl sites for hydroxylation is 2. The van der Waals surface area contributed by atoms with Gasteiger partial charge >= 0.3 is 0 Å². The Balaban J connectivity index is 2.13. The minimum Gasteiger partial charge on any atom is -0.317 e. The molecule has 4 heteroatoms. The zero-order valence-electron chi connectivity index (χ0n) is 12.9. The number of hydrogen-bond donors (Lipinski definition) is 1. The Labute approximate surface area is 131 Å². The van der Waals surface area contributed by atoms with E-state index in [0.29, 0.717) is 0 Å². The monoisotopic (exact) mass is 303 g/mol. The highest BCUT2D eigenvalue weighted by Crippen LogP contribution is 2.15. The van der Waals surface area contributed by atoms with Crippen molar-refractivity contribution in [2.75, 3.05) is 13.1 Å². The Morgan fingerprint density at radius 1 is 1.05 bits per heavy atom. The van der Waals surface area contributed by atoms with Crippen molar-refractivity contribution >= 4 is 11.6 Å². The zero-order chi connectivity index (χ0) is 15.2. The molecule has 0 aliphatic carbocycles. The van der Waals surface area contributed by atoms with E-state index >= 15 is 0 Å². The Bertz CT molecular complexity index is 570. The molecule has 1 heterocycles. The van der Waals surface area contributed by atoms with Crippen LogP contribution in [0.15, 0.2) is 24.3 Å². The first kappa shape index (κ1) is 15.9. The second kappa shape index (κ2) is 7.53. The first-order valence-electron chi connectivity index (χ1n) is 7.38. The van der Waals surface area contributed by atoms with E-state index in [2.05, 4.69) is 36.1 Å². The number of halogens is 1. The molecule has 0 saturated carbocycles. The van der Waals surface area contributed by atoms with Crippen molar-refractivity contribution in [2.24, 2.45) is 0 Å². The van der Waals surface area contributed by atoms with Crippen LogP contribution < -0.4 is 5.32 Å². The normalized spacial score (nSPS) is 10.9. The number of benzene rings is 1. The van der Waals surface area contributed by atoms with Gasteiger partial charge in [-0.1, -0.05) is 30.7 Å². The van der Waals surface area contributed by atoms with Crippen LogP contribution in [0.1, 0.15) is 35.3 Å². The predicted octanol–water partition coefficient (Wildman–Crippen LogP) is 3.49. The maximum Gasteiger partial charge on any atom is 0.133 e. The van der Waals surface area contributed by atoms with Crippen molar-refractivity contribution in [2.45, 2.75) is 33.6 Å². The van der Waals surface area contributed by atoms with Crippen LogP contribution in [-0.4, -0.2) is 23.1 Å². The van der Waals surface area contributed by atoms with Gasteiger partial charge < -0.3 is 5.32 Å². The van der Waals surface area contributed by atoms with E-state index in [4.69, 9.17) is 11.6 Å². The maximum absolute atomic E-state index is 5.91. The Hall–Kier alpha value is -1.45. The van der Waals surface area contributed by atoms with Gasteiger partial charge in [-0.05, 0) is 56.6 Å². The molecule has 1 aromatic carbocycles. The molecule has 0 saturated heterocycles. The van der Waals surface area contributed by atoms with Crippen molar-refractivity contribution < 1.29 is 0 Å². The molecule has 0 bridgehead atoms. The van der Waals surface area contributed by atoms with Crippen LogP contribution in [-0.2, 0) is 12.8 Å². The summed E-state index contributed by atoms with van der Waals surface area (Å²) in [5.74, 6) is 0.875. The highest BCUT2D eigenvalue weighted by atomic mass is 35.5. The number of nitrogens with one attached hydrogen (secondary N) is 1. The lowest BCUT2D eigenvalue weighted by Gasteiger charge is -2.11. The summed E-state index contributed by atoms with van der Waals surface area (Å²) in [5, 5.41) is 4.10. The molecule has 0 fully saturated rings. The first-order valence-corrected chi connectivity index (χ1v) is 7.76. The summed E-state index contributed by atoms with van der Waals surface area (Å²) in [6.45, 7) is 8.22. The average Bonchev–Trinajstić information content (AvgIpc) is 2.44. The van der Waals surface area contributed by atoms with Crippen LogP contribution in [0.2, 0.25) is 5.02 Å². The fourth-order valence-corrected chi connectivity index (χ4v) is 2.55. The van der Waals surface area contributed by atoms with Crippen molar-refractivity contribution in [3.63, 3.8) is 0 Å². The second-order valence-electron chi connectivity index (χ2n) is 5.20. The summed E-state index contributed by atoms with van der Waals surface area (Å²) in [5.41, 5.74) is 4.61. The van der Waals surface area contributed by atoms with Gasteiger partial charge in [0.15, 0.2) is 0 Å². The van der Waals surface area contributed by atoms with Crippen LogP contribution in [0.25, 0.3) is 0 Å². The molecule has 2 rings (SSSR count). The molecule has 0 atom stereocenters.